The van der Waals surface area contributed by atoms with E-state index in [1.54, 1.807) is 7.11 Å². The molecule has 0 aliphatic carbocycles. The molecule has 158 valence electrons. The van der Waals surface area contributed by atoms with Gasteiger partial charge in [-0.1, -0.05) is 30.3 Å². The topological polar surface area (TPSA) is 119 Å². The molecule has 0 bridgehead atoms. The average molecular weight is 435 g/mol. The maximum absolute atomic E-state index is 12.8. The Morgan fingerprint density at radius 2 is 1.90 bits per heavy atom. The molecule has 0 saturated heterocycles. The van der Waals surface area contributed by atoms with Gasteiger partial charge in [0.05, 0.1) is 24.3 Å². The Labute approximate surface area is 183 Å². The van der Waals surface area contributed by atoms with Crippen LogP contribution in [-0.2, 0) is 5.75 Å². The van der Waals surface area contributed by atoms with E-state index in [0.29, 0.717) is 29.0 Å². The summed E-state index contributed by atoms with van der Waals surface area (Å²) in [7, 11) is 1.59. The molecule has 0 saturated carbocycles. The smallest absolute Gasteiger partial charge is 0.232 e. The molecule has 0 fully saturated rings. The number of carbonyl (C=O) groups excluding carboxylic acids is 1. The molecule has 31 heavy (non-hydrogen) atoms. The van der Waals surface area contributed by atoms with Crippen molar-refractivity contribution in [2.45, 2.75) is 12.7 Å². The van der Waals surface area contributed by atoms with E-state index in [0.717, 1.165) is 27.8 Å². The van der Waals surface area contributed by atoms with Crippen molar-refractivity contribution in [3.8, 4) is 5.75 Å². The third kappa shape index (κ3) is 4.61. The Morgan fingerprint density at radius 1 is 1.13 bits per heavy atom. The van der Waals surface area contributed by atoms with Gasteiger partial charge < -0.3 is 20.8 Å². The summed E-state index contributed by atoms with van der Waals surface area (Å²) in [5.74, 6) is 2.40. The van der Waals surface area contributed by atoms with Crippen LogP contribution in [0.15, 0.2) is 48.5 Å². The van der Waals surface area contributed by atoms with E-state index in [1.807, 2.05) is 55.5 Å². The lowest BCUT2D eigenvalue weighted by Crippen LogP contribution is -2.08. The molecule has 0 aliphatic rings. The van der Waals surface area contributed by atoms with Crippen molar-refractivity contribution in [2.24, 2.45) is 0 Å². The number of para-hydroxylation sites is 3. The number of aryl methyl sites for hydroxylation is 1. The van der Waals surface area contributed by atoms with Crippen LogP contribution in [0.25, 0.3) is 10.9 Å². The predicted molar refractivity (Wildman–Crippen MR) is 124 cm³/mol. The molecule has 2 aromatic carbocycles. The van der Waals surface area contributed by atoms with Crippen LogP contribution in [-0.4, -0.2) is 38.6 Å². The van der Waals surface area contributed by atoms with Crippen molar-refractivity contribution < 1.29 is 9.53 Å². The number of carbonyl (C=O) groups is 1. The number of ether oxygens (including phenoxy) is 1. The summed E-state index contributed by atoms with van der Waals surface area (Å²) in [5, 5.41) is 4.05. The molecule has 0 atom stereocenters. The van der Waals surface area contributed by atoms with Gasteiger partial charge in [-0.2, -0.15) is 15.0 Å². The van der Waals surface area contributed by atoms with Gasteiger partial charge in [0.1, 0.15) is 11.6 Å². The second kappa shape index (κ2) is 9.05. The Morgan fingerprint density at radius 3 is 2.74 bits per heavy atom. The van der Waals surface area contributed by atoms with Crippen molar-refractivity contribution in [2.75, 3.05) is 23.9 Å². The van der Waals surface area contributed by atoms with Gasteiger partial charge in [0.25, 0.3) is 0 Å². The maximum atomic E-state index is 12.8. The number of Topliss-reactive ketones (excluding diaryl/α,β-unsaturated/α-hetero) is 1. The quantitative estimate of drug-likeness (QED) is 0.355. The van der Waals surface area contributed by atoms with Gasteiger partial charge in [0.15, 0.2) is 5.78 Å². The molecule has 4 aromatic rings. The van der Waals surface area contributed by atoms with E-state index < -0.39 is 0 Å². The lowest BCUT2D eigenvalue weighted by atomic mass is 10.1. The first-order valence-electron chi connectivity index (χ1n) is 9.64. The molecule has 2 heterocycles. The van der Waals surface area contributed by atoms with Crippen molar-refractivity contribution in [3.05, 3.63) is 65.6 Å². The van der Waals surface area contributed by atoms with Crippen LogP contribution in [0, 0.1) is 6.92 Å². The van der Waals surface area contributed by atoms with Gasteiger partial charge in [-0.05, 0) is 25.1 Å². The van der Waals surface area contributed by atoms with Crippen LogP contribution in [0.5, 0.6) is 5.75 Å². The Hall–Kier alpha value is -3.59. The number of nitrogens with two attached hydrogens (primary N) is 1. The fraction of sp³-hybridized carbons (Fsp3) is 0.182. The molecule has 0 unspecified atom stereocenters. The minimum absolute atomic E-state index is 0.0642. The molecular formula is C22H22N6O2S. The molecule has 0 aliphatic heterocycles. The second-order valence-corrected chi connectivity index (χ2v) is 7.83. The highest BCUT2D eigenvalue weighted by atomic mass is 32.2. The molecule has 4 N–H and O–H groups in total. The van der Waals surface area contributed by atoms with Crippen LogP contribution >= 0.6 is 11.8 Å². The Bertz CT molecular complexity index is 1240. The number of anilines is 3. The second-order valence-electron chi connectivity index (χ2n) is 6.85. The van der Waals surface area contributed by atoms with Crippen molar-refractivity contribution in [3.63, 3.8) is 0 Å². The number of aromatic nitrogens is 4. The number of nitrogen functional groups attached to an aromatic ring is 1. The highest BCUT2D eigenvalue weighted by Crippen LogP contribution is 2.26. The van der Waals surface area contributed by atoms with Gasteiger partial charge in [0, 0.05) is 22.2 Å². The minimum Gasteiger partial charge on any atom is -0.495 e. The number of benzene rings is 2. The minimum atomic E-state index is 0.0642. The van der Waals surface area contributed by atoms with E-state index >= 15 is 0 Å². The molecule has 0 radical (unpaired) electrons. The highest BCUT2D eigenvalue weighted by Gasteiger charge is 2.16. The molecule has 0 spiro atoms. The number of ketones is 1. The molecule has 9 heteroatoms. The lowest BCUT2D eigenvalue weighted by molar-refractivity contribution is 0.102. The zero-order valence-electron chi connectivity index (χ0n) is 17.2. The van der Waals surface area contributed by atoms with E-state index in [9.17, 15) is 4.79 Å². The standard InChI is InChI=1S/C22H22N6O2S/c1-13-20(14-7-3-4-8-15(14)24-13)17(29)11-31-12-19-26-21(23)28-22(27-19)25-16-9-5-6-10-18(16)30-2/h3-10,24H,11-12H2,1-2H3,(H3,23,25,26,27,28). The number of nitrogens with one attached hydrogen (secondary N) is 2. The molecule has 0 amide bonds. The van der Waals surface area contributed by atoms with Crippen LogP contribution in [0.2, 0.25) is 0 Å². The zero-order chi connectivity index (χ0) is 21.8. The first kappa shape index (κ1) is 20.7. The first-order valence-corrected chi connectivity index (χ1v) is 10.8. The normalized spacial score (nSPS) is 10.9. The summed E-state index contributed by atoms with van der Waals surface area (Å²) in [6, 6.07) is 15.3. The van der Waals surface area contributed by atoms with Gasteiger partial charge in [0.2, 0.25) is 11.9 Å². The highest BCUT2D eigenvalue weighted by molar-refractivity contribution is 7.99. The summed E-state index contributed by atoms with van der Waals surface area (Å²) >= 11 is 1.44. The summed E-state index contributed by atoms with van der Waals surface area (Å²) in [6.07, 6.45) is 0. The summed E-state index contributed by atoms with van der Waals surface area (Å²) in [5.41, 5.74) is 9.15. The lowest BCUT2D eigenvalue weighted by Gasteiger charge is -2.10. The van der Waals surface area contributed by atoms with Gasteiger partial charge in [-0.3, -0.25) is 4.79 Å². The fourth-order valence-corrected chi connectivity index (χ4v) is 4.11. The maximum Gasteiger partial charge on any atom is 0.232 e. The monoisotopic (exact) mass is 434 g/mol. The molecule has 8 nitrogen and oxygen atoms in total. The van der Waals surface area contributed by atoms with E-state index in [2.05, 4.69) is 25.3 Å². The fourth-order valence-electron chi connectivity index (χ4n) is 3.37. The third-order valence-corrected chi connectivity index (χ3v) is 5.62. The van der Waals surface area contributed by atoms with Crippen molar-refractivity contribution in [1.29, 1.82) is 0 Å². The van der Waals surface area contributed by atoms with Crippen LogP contribution in [0.3, 0.4) is 0 Å². The van der Waals surface area contributed by atoms with Crippen molar-refractivity contribution >= 4 is 46.0 Å². The predicted octanol–water partition coefficient (Wildman–Crippen LogP) is 4.11. The van der Waals surface area contributed by atoms with Gasteiger partial charge in [-0.25, -0.2) is 0 Å². The average Bonchev–Trinajstić information content (AvgIpc) is 3.09. The molecule has 4 rings (SSSR count). The summed E-state index contributed by atoms with van der Waals surface area (Å²) in [4.78, 5) is 28.9. The largest absolute Gasteiger partial charge is 0.495 e. The summed E-state index contributed by atoms with van der Waals surface area (Å²) in [6.45, 7) is 1.92. The number of methoxy groups -OCH3 is 1. The van der Waals surface area contributed by atoms with Gasteiger partial charge in [-0.15, -0.1) is 11.8 Å². The van der Waals surface area contributed by atoms with E-state index in [1.165, 1.54) is 11.8 Å². The van der Waals surface area contributed by atoms with Crippen molar-refractivity contribution in [1.82, 2.24) is 19.9 Å². The SMILES string of the molecule is COc1ccccc1Nc1nc(N)nc(CSCC(=O)c2c(C)[nH]c3ccccc23)n1. The Kier molecular flexibility index (Phi) is 6.03. The number of aromatic amines is 1. The third-order valence-electron chi connectivity index (χ3n) is 4.69. The van der Waals surface area contributed by atoms with E-state index in [4.69, 9.17) is 10.5 Å². The first-order chi connectivity index (χ1) is 15.0. The van der Waals surface area contributed by atoms with Crippen LogP contribution in [0.4, 0.5) is 17.6 Å². The number of nitrogens with zero attached hydrogens (tertiary/aromatic N) is 3. The number of thioether (sulfide) groups is 1. The van der Waals surface area contributed by atoms with Crippen LogP contribution < -0.4 is 15.8 Å². The molecular weight excluding hydrogens is 412 g/mol. The van der Waals surface area contributed by atoms with Gasteiger partial charge >= 0.3 is 0 Å². The number of H-pyrrole nitrogens is 1. The number of rotatable bonds is 8. The zero-order valence-corrected chi connectivity index (χ0v) is 18.0. The van der Waals surface area contributed by atoms with Crippen LogP contribution in [0.1, 0.15) is 21.9 Å². The number of hydrogen-bond acceptors (Lipinski definition) is 8. The van der Waals surface area contributed by atoms with E-state index in [-0.39, 0.29) is 11.7 Å². The molecule has 2 aromatic heterocycles. The Balaban J connectivity index is 1.44. The number of hydrogen-bond donors (Lipinski definition) is 3. The number of fused-ring (bicyclic) bond motifs is 1. The summed E-state index contributed by atoms with van der Waals surface area (Å²) < 4.78 is 5.34.